The van der Waals surface area contributed by atoms with Crippen LogP contribution in [0.2, 0.25) is 0 Å². The van der Waals surface area contributed by atoms with Gasteiger partial charge in [-0.1, -0.05) is 17.7 Å². The van der Waals surface area contributed by atoms with E-state index in [0.717, 1.165) is 5.56 Å². The normalized spacial score (nSPS) is 13.8. The van der Waals surface area contributed by atoms with Crippen molar-refractivity contribution in [2.75, 3.05) is 5.32 Å². The Kier molecular flexibility index (Phi) is 4.19. The van der Waals surface area contributed by atoms with Crippen LogP contribution in [0.3, 0.4) is 0 Å². The molecule has 6 nitrogen and oxygen atoms in total. The van der Waals surface area contributed by atoms with E-state index in [1.807, 2.05) is 6.92 Å². The molecule has 0 saturated carbocycles. The zero-order chi connectivity index (χ0) is 13.0. The van der Waals surface area contributed by atoms with Crippen LogP contribution >= 0.6 is 0 Å². The quantitative estimate of drug-likeness (QED) is 0.585. The number of hydrogen-bond donors (Lipinski definition) is 3. The van der Waals surface area contributed by atoms with Crippen molar-refractivity contribution in [1.29, 1.82) is 0 Å². The SMILES string of the molecule is Cc1ccc(NC(=O)[C@H](O)[C@@H](O)C(=O)[O-])cc1. The highest BCUT2D eigenvalue weighted by atomic mass is 16.4. The monoisotopic (exact) mass is 238 g/mol. The number of amides is 1. The second kappa shape index (κ2) is 5.42. The van der Waals surface area contributed by atoms with Crippen LogP contribution in [0.4, 0.5) is 5.69 Å². The fraction of sp³-hybridized carbons (Fsp3) is 0.273. The number of carboxylic acid groups (broad SMARTS) is 1. The number of carbonyl (C=O) groups excluding carboxylic acids is 2. The van der Waals surface area contributed by atoms with Gasteiger partial charge in [-0.05, 0) is 19.1 Å². The number of aryl methyl sites for hydroxylation is 1. The molecule has 17 heavy (non-hydrogen) atoms. The molecule has 3 N–H and O–H groups in total. The standard InChI is InChI=1S/C11H13NO5/c1-6-2-4-7(5-3-6)12-10(15)8(13)9(14)11(16)17/h2-5,8-9,13-14H,1H3,(H,12,15)(H,16,17)/p-1/t8-,9-/m1/s1. The van der Waals surface area contributed by atoms with E-state index in [9.17, 15) is 19.8 Å². The molecular formula is C11H12NO5-. The number of hydrogen-bond acceptors (Lipinski definition) is 5. The van der Waals surface area contributed by atoms with Gasteiger partial charge in [0.25, 0.3) is 5.91 Å². The van der Waals surface area contributed by atoms with Crippen LogP contribution in [-0.4, -0.2) is 34.3 Å². The molecule has 0 aromatic heterocycles. The number of rotatable bonds is 4. The molecular weight excluding hydrogens is 226 g/mol. The molecule has 0 heterocycles. The maximum Gasteiger partial charge on any atom is 0.256 e. The van der Waals surface area contributed by atoms with E-state index in [-0.39, 0.29) is 0 Å². The summed E-state index contributed by atoms with van der Waals surface area (Å²) in [5.41, 5.74) is 1.38. The molecule has 0 saturated heterocycles. The lowest BCUT2D eigenvalue weighted by molar-refractivity contribution is -0.317. The van der Waals surface area contributed by atoms with E-state index in [1.165, 1.54) is 0 Å². The maximum absolute atomic E-state index is 11.3. The van der Waals surface area contributed by atoms with E-state index in [4.69, 9.17) is 5.11 Å². The van der Waals surface area contributed by atoms with Gasteiger partial charge in [0.15, 0.2) is 6.10 Å². The van der Waals surface area contributed by atoms with Crippen LogP contribution in [0.25, 0.3) is 0 Å². The molecule has 92 valence electrons. The first-order valence-corrected chi connectivity index (χ1v) is 4.86. The van der Waals surface area contributed by atoms with Crippen LogP contribution < -0.4 is 10.4 Å². The first-order chi connectivity index (χ1) is 7.91. The van der Waals surface area contributed by atoms with Gasteiger partial charge < -0.3 is 25.4 Å². The van der Waals surface area contributed by atoms with Gasteiger partial charge in [0.1, 0.15) is 6.10 Å². The molecule has 0 bridgehead atoms. The molecule has 0 spiro atoms. The second-order valence-electron chi connectivity index (χ2n) is 3.56. The highest BCUT2D eigenvalue weighted by Crippen LogP contribution is 2.09. The molecule has 1 aromatic carbocycles. The Bertz CT molecular complexity index is 414. The lowest BCUT2D eigenvalue weighted by Crippen LogP contribution is -2.48. The van der Waals surface area contributed by atoms with E-state index in [2.05, 4.69) is 5.32 Å². The maximum atomic E-state index is 11.3. The number of nitrogens with one attached hydrogen (secondary N) is 1. The summed E-state index contributed by atoms with van der Waals surface area (Å²) in [4.78, 5) is 21.6. The Hall–Kier alpha value is -1.92. The summed E-state index contributed by atoms with van der Waals surface area (Å²) in [6.07, 6.45) is -4.32. The second-order valence-corrected chi connectivity index (χ2v) is 3.56. The summed E-state index contributed by atoms with van der Waals surface area (Å²) in [5.74, 6) is -2.91. The fourth-order valence-corrected chi connectivity index (χ4v) is 1.13. The van der Waals surface area contributed by atoms with Crippen molar-refractivity contribution in [3.8, 4) is 0 Å². The van der Waals surface area contributed by atoms with Gasteiger partial charge in [0.05, 0.1) is 5.97 Å². The predicted molar refractivity (Wildman–Crippen MR) is 56.8 cm³/mol. The highest BCUT2D eigenvalue weighted by Gasteiger charge is 2.25. The highest BCUT2D eigenvalue weighted by molar-refractivity contribution is 5.97. The summed E-state index contributed by atoms with van der Waals surface area (Å²) in [5, 5.41) is 30.6. The van der Waals surface area contributed by atoms with Crippen molar-refractivity contribution in [2.45, 2.75) is 19.1 Å². The lowest BCUT2D eigenvalue weighted by Gasteiger charge is -2.17. The third-order valence-corrected chi connectivity index (χ3v) is 2.13. The van der Waals surface area contributed by atoms with Gasteiger partial charge in [0, 0.05) is 5.69 Å². The zero-order valence-electron chi connectivity index (χ0n) is 9.08. The largest absolute Gasteiger partial charge is 0.547 e. The van der Waals surface area contributed by atoms with Crippen LogP contribution in [0.15, 0.2) is 24.3 Å². The number of aliphatic hydroxyl groups excluding tert-OH is 2. The molecule has 0 aliphatic carbocycles. The van der Waals surface area contributed by atoms with E-state index >= 15 is 0 Å². The molecule has 0 aliphatic heterocycles. The molecule has 0 aliphatic rings. The van der Waals surface area contributed by atoms with Crippen LogP contribution in [0, 0.1) is 6.92 Å². The molecule has 1 amide bonds. The number of aliphatic hydroxyl groups is 2. The minimum absolute atomic E-state index is 0.394. The minimum atomic E-state index is -2.25. The Morgan fingerprint density at radius 2 is 1.71 bits per heavy atom. The molecule has 1 rings (SSSR count). The molecule has 0 unspecified atom stereocenters. The number of carboxylic acids is 1. The molecule has 6 heteroatoms. The number of anilines is 1. The summed E-state index contributed by atoms with van der Waals surface area (Å²) >= 11 is 0. The summed E-state index contributed by atoms with van der Waals surface area (Å²) in [6.45, 7) is 1.86. The first-order valence-electron chi connectivity index (χ1n) is 4.86. The summed E-state index contributed by atoms with van der Waals surface area (Å²) in [7, 11) is 0. The molecule has 0 radical (unpaired) electrons. The van der Waals surface area contributed by atoms with Crippen LogP contribution in [0.1, 0.15) is 5.56 Å². The summed E-state index contributed by atoms with van der Waals surface area (Å²) < 4.78 is 0. The van der Waals surface area contributed by atoms with Crippen LogP contribution in [-0.2, 0) is 9.59 Å². The van der Waals surface area contributed by atoms with E-state index in [1.54, 1.807) is 24.3 Å². The van der Waals surface area contributed by atoms with Gasteiger partial charge in [-0.3, -0.25) is 4.79 Å². The predicted octanol–water partition coefficient (Wildman–Crippen LogP) is -1.59. The van der Waals surface area contributed by atoms with Crippen molar-refractivity contribution in [1.82, 2.24) is 0 Å². The molecule has 1 aromatic rings. The summed E-state index contributed by atoms with van der Waals surface area (Å²) in [6, 6.07) is 6.64. The van der Waals surface area contributed by atoms with Crippen molar-refractivity contribution in [2.24, 2.45) is 0 Å². The lowest BCUT2D eigenvalue weighted by atomic mass is 10.2. The average Bonchev–Trinajstić information content (AvgIpc) is 2.30. The fourth-order valence-electron chi connectivity index (χ4n) is 1.13. The van der Waals surface area contributed by atoms with Crippen molar-refractivity contribution >= 4 is 17.6 Å². The zero-order valence-corrected chi connectivity index (χ0v) is 9.08. The third kappa shape index (κ3) is 3.54. The number of benzene rings is 1. The number of aliphatic carboxylic acids is 1. The van der Waals surface area contributed by atoms with Gasteiger partial charge in [-0.25, -0.2) is 0 Å². The Morgan fingerprint density at radius 1 is 1.18 bits per heavy atom. The van der Waals surface area contributed by atoms with Crippen molar-refractivity contribution in [3.05, 3.63) is 29.8 Å². The van der Waals surface area contributed by atoms with Gasteiger partial charge in [-0.15, -0.1) is 0 Å². The third-order valence-electron chi connectivity index (χ3n) is 2.13. The smallest absolute Gasteiger partial charge is 0.256 e. The van der Waals surface area contributed by atoms with E-state index < -0.39 is 24.1 Å². The van der Waals surface area contributed by atoms with E-state index in [0.29, 0.717) is 5.69 Å². The topological polar surface area (TPSA) is 110 Å². The van der Waals surface area contributed by atoms with Crippen molar-refractivity contribution in [3.63, 3.8) is 0 Å². The Labute approximate surface area is 97.5 Å². The Balaban J connectivity index is 2.66. The first kappa shape index (κ1) is 13.1. The van der Waals surface area contributed by atoms with Crippen molar-refractivity contribution < 1.29 is 24.9 Å². The minimum Gasteiger partial charge on any atom is -0.547 e. The van der Waals surface area contributed by atoms with Gasteiger partial charge in [-0.2, -0.15) is 0 Å². The molecule has 0 fully saturated rings. The van der Waals surface area contributed by atoms with Crippen LogP contribution in [0.5, 0.6) is 0 Å². The van der Waals surface area contributed by atoms with Gasteiger partial charge in [0.2, 0.25) is 0 Å². The molecule has 2 atom stereocenters. The Morgan fingerprint density at radius 3 is 2.18 bits per heavy atom. The number of carbonyl (C=O) groups is 2. The van der Waals surface area contributed by atoms with Gasteiger partial charge >= 0.3 is 0 Å². The average molecular weight is 238 g/mol.